The first-order valence-electron chi connectivity index (χ1n) is 5.83. The van der Waals surface area contributed by atoms with E-state index in [9.17, 15) is 0 Å². The second-order valence-electron chi connectivity index (χ2n) is 4.45. The maximum atomic E-state index is 6.14. The van der Waals surface area contributed by atoms with Crippen LogP contribution in [0.5, 0.6) is 0 Å². The van der Waals surface area contributed by atoms with E-state index in [-0.39, 0.29) is 0 Å². The standard InChI is InChI=1S/C12H13ClN6/c1-6-4-9-10(5-8(6)13)19(3)12(15-9)16-11-14-7(2)17-18-11/h4-5H,1-3H3,(H2,14,15,16,17,18). The predicted octanol–water partition coefficient (Wildman–Crippen LogP) is 2.71. The molecule has 19 heavy (non-hydrogen) atoms. The lowest BCUT2D eigenvalue weighted by molar-refractivity contribution is 0.950. The molecule has 0 fully saturated rings. The van der Waals surface area contributed by atoms with Crippen molar-refractivity contribution in [1.82, 2.24) is 24.7 Å². The summed E-state index contributed by atoms with van der Waals surface area (Å²) in [5.74, 6) is 1.93. The van der Waals surface area contributed by atoms with Gasteiger partial charge in [-0.3, -0.25) is 10.4 Å². The van der Waals surface area contributed by atoms with E-state index >= 15 is 0 Å². The summed E-state index contributed by atoms with van der Waals surface area (Å²) in [6, 6.07) is 3.87. The smallest absolute Gasteiger partial charge is 0.248 e. The second kappa shape index (κ2) is 4.24. The number of aromatic amines is 1. The minimum Gasteiger partial charge on any atom is -0.313 e. The van der Waals surface area contributed by atoms with Crippen LogP contribution >= 0.6 is 11.6 Å². The molecule has 0 aliphatic rings. The first-order chi connectivity index (χ1) is 9.04. The first kappa shape index (κ1) is 12.0. The highest BCUT2D eigenvalue weighted by Gasteiger charge is 2.11. The fourth-order valence-electron chi connectivity index (χ4n) is 1.93. The number of aryl methyl sites for hydroxylation is 3. The summed E-state index contributed by atoms with van der Waals surface area (Å²) in [7, 11) is 1.92. The molecule has 0 aliphatic heterocycles. The molecular weight excluding hydrogens is 264 g/mol. The fraction of sp³-hybridized carbons (Fsp3) is 0.250. The summed E-state index contributed by atoms with van der Waals surface area (Å²) in [5.41, 5.74) is 2.86. The van der Waals surface area contributed by atoms with E-state index in [1.165, 1.54) is 0 Å². The van der Waals surface area contributed by atoms with Crippen LogP contribution < -0.4 is 5.32 Å². The van der Waals surface area contributed by atoms with E-state index in [0.717, 1.165) is 27.4 Å². The third kappa shape index (κ3) is 2.04. The monoisotopic (exact) mass is 276 g/mol. The van der Waals surface area contributed by atoms with Crippen LogP contribution in [0.1, 0.15) is 11.4 Å². The van der Waals surface area contributed by atoms with Gasteiger partial charge in [-0.1, -0.05) is 11.6 Å². The highest BCUT2D eigenvalue weighted by molar-refractivity contribution is 6.32. The minimum atomic E-state index is 0.499. The number of H-pyrrole nitrogens is 1. The molecule has 3 aromatic rings. The molecule has 2 heterocycles. The molecule has 2 aromatic heterocycles. The summed E-state index contributed by atoms with van der Waals surface area (Å²) >= 11 is 6.14. The number of anilines is 2. The molecule has 0 saturated carbocycles. The highest BCUT2D eigenvalue weighted by atomic mass is 35.5. The van der Waals surface area contributed by atoms with Crippen LogP contribution in [-0.2, 0) is 7.05 Å². The Hall–Kier alpha value is -2.08. The quantitative estimate of drug-likeness (QED) is 0.755. The molecule has 0 aliphatic carbocycles. The zero-order valence-electron chi connectivity index (χ0n) is 10.8. The molecule has 6 nitrogen and oxygen atoms in total. The molecule has 7 heteroatoms. The van der Waals surface area contributed by atoms with Gasteiger partial charge in [0.25, 0.3) is 0 Å². The van der Waals surface area contributed by atoms with Gasteiger partial charge >= 0.3 is 0 Å². The number of benzene rings is 1. The van der Waals surface area contributed by atoms with Gasteiger partial charge in [0.2, 0.25) is 11.9 Å². The van der Waals surface area contributed by atoms with Gasteiger partial charge in [-0.05, 0) is 31.5 Å². The molecule has 0 spiro atoms. The van der Waals surface area contributed by atoms with Gasteiger partial charge in [0, 0.05) is 12.1 Å². The molecular formula is C12H13ClN6. The van der Waals surface area contributed by atoms with Crippen LogP contribution in [0.25, 0.3) is 11.0 Å². The van der Waals surface area contributed by atoms with Crippen molar-refractivity contribution in [2.75, 3.05) is 5.32 Å². The number of aromatic nitrogens is 5. The third-order valence-electron chi connectivity index (χ3n) is 2.98. The Morgan fingerprint density at radius 1 is 1.26 bits per heavy atom. The first-order valence-corrected chi connectivity index (χ1v) is 6.21. The van der Waals surface area contributed by atoms with E-state index in [2.05, 4.69) is 25.5 Å². The summed E-state index contributed by atoms with van der Waals surface area (Å²) in [5, 5.41) is 10.6. The number of nitrogens with zero attached hydrogens (tertiary/aromatic N) is 4. The molecule has 0 atom stereocenters. The van der Waals surface area contributed by atoms with E-state index in [0.29, 0.717) is 11.9 Å². The van der Waals surface area contributed by atoms with Crippen molar-refractivity contribution in [3.05, 3.63) is 28.5 Å². The molecule has 0 unspecified atom stereocenters. The van der Waals surface area contributed by atoms with Crippen LogP contribution in [0.15, 0.2) is 12.1 Å². The van der Waals surface area contributed by atoms with Crippen molar-refractivity contribution in [3.63, 3.8) is 0 Å². The summed E-state index contributed by atoms with van der Waals surface area (Å²) in [4.78, 5) is 8.71. The minimum absolute atomic E-state index is 0.499. The van der Waals surface area contributed by atoms with Gasteiger partial charge in [-0.2, -0.15) is 4.98 Å². The lowest BCUT2D eigenvalue weighted by Gasteiger charge is -2.02. The molecule has 1 aromatic carbocycles. The molecule has 0 radical (unpaired) electrons. The lowest BCUT2D eigenvalue weighted by Crippen LogP contribution is -2.00. The van der Waals surface area contributed by atoms with E-state index < -0.39 is 0 Å². The maximum Gasteiger partial charge on any atom is 0.248 e. The van der Waals surface area contributed by atoms with Crippen LogP contribution in [0.3, 0.4) is 0 Å². The third-order valence-corrected chi connectivity index (χ3v) is 3.39. The van der Waals surface area contributed by atoms with Gasteiger partial charge in [0.1, 0.15) is 5.82 Å². The van der Waals surface area contributed by atoms with E-state index in [1.54, 1.807) is 0 Å². The highest BCUT2D eigenvalue weighted by Crippen LogP contribution is 2.26. The molecule has 2 N–H and O–H groups in total. The van der Waals surface area contributed by atoms with Gasteiger partial charge in [-0.15, -0.1) is 5.10 Å². The zero-order chi connectivity index (χ0) is 13.6. The Balaban J connectivity index is 2.07. The summed E-state index contributed by atoms with van der Waals surface area (Å²) in [6.07, 6.45) is 0. The lowest BCUT2D eigenvalue weighted by atomic mass is 10.2. The average Bonchev–Trinajstić information content (AvgIpc) is 2.88. The Bertz CT molecular complexity index is 757. The molecule has 0 bridgehead atoms. The van der Waals surface area contributed by atoms with Crippen molar-refractivity contribution < 1.29 is 0 Å². The van der Waals surface area contributed by atoms with Gasteiger partial charge in [0.05, 0.1) is 11.0 Å². The largest absolute Gasteiger partial charge is 0.313 e. The van der Waals surface area contributed by atoms with Gasteiger partial charge in [0.15, 0.2) is 0 Å². The zero-order valence-corrected chi connectivity index (χ0v) is 11.6. The topological polar surface area (TPSA) is 71.4 Å². The number of hydrogen-bond acceptors (Lipinski definition) is 4. The molecule has 0 saturated heterocycles. The Morgan fingerprint density at radius 3 is 2.74 bits per heavy atom. The number of imidazole rings is 1. The Morgan fingerprint density at radius 2 is 2.05 bits per heavy atom. The number of rotatable bonds is 2. The van der Waals surface area contributed by atoms with Crippen LogP contribution in [0.4, 0.5) is 11.9 Å². The molecule has 98 valence electrons. The van der Waals surface area contributed by atoms with E-state index in [1.807, 2.05) is 37.6 Å². The maximum absolute atomic E-state index is 6.14. The van der Waals surface area contributed by atoms with Crippen LogP contribution in [0.2, 0.25) is 5.02 Å². The SMILES string of the molecule is Cc1nc(Nc2nc3cc(C)c(Cl)cc3n2C)n[nH]1. The van der Waals surface area contributed by atoms with E-state index in [4.69, 9.17) is 11.6 Å². The van der Waals surface area contributed by atoms with Crippen LogP contribution in [-0.4, -0.2) is 24.7 Å². The molecule has 0 amide bonds. The summed E-state index contributed by atoms with van der Waals surface area (Å²) in [6.45, 7) is 3.80. The number of halogens is 1. The average molecular weight is 277 g/mol. The van der Waals surface area contributed by atoms with Crippen molar-refractivity contribution in [1.29, 1.82) is 0 Å². The van der Waals surface area contributed by atoms with Gasteiger partial charge in [-0.25, -0.2) is 4.98 Å². The number of hydrogen-bond donors (Lipinski definition) is 2. The van der Waals surface area contributed by atoms with Crippen molar-refractivity contribution in [2.45, 2.75) is 13.8 Å². The van der Waals surface area contributed by atoms with Crippen LogP contribution in [0, 0.1) is 13.8 Å². The van der Waals surface area contributed by atoms with Crippen molar-refractivity contribution in [2.24, 2.45) is 7.05 Å². The Labute approximate surface area is 114 Å². The Kier molecular flexibility index (Phi) is 2.67. The number of fused-ring (bicyclic) bond motifs is 1. The fourth-order valence-corrected chi connectivity index (χ4v) is 2.09. The second-order valence-corrected chi connectivity index (χ2v) is 4.86. The van der Waals surface area contributed by atoms with Gasteiger partial charge < -0.3 is 4.57 Å². The van der Waals surface area contributed by atoms with Crippen molar-refractivity contribution >= 4 is 34.5 Å². The van der Waals surface area contributed by atoms with Crippen molar-refractivity contribution in [3.8, 4) is 0 Å². The normalized spacial score (nSPS) is 11.2. The molecule has 3 rings (SSSR count). The number of nitrogens with one attached hydrogen (secondary N) is 2. The summed E-state index contributed by atoms with van der Waals surface area (Å²) < 4.78 is 1.92. The predicted molar refractivity (Wildman–Crippen MR) is 74.9 cm³/mol.